The predicted molar refractivity (Wildman–Crippen MR) is 79.4 cm³/mol. The Kier molecular flexibility index (Phi) is 4.57. The average molecular weight is 337 g/mol. The van der Waals surface area contributed by atoms with Crippen molar-refractivity contribution in [2.75, 3.05) is 19.5 Å². The Balaban J connectivity index is 2.33. The number of amides is 1. The van der Waals surface area contributed by atoms with E-state index in [0.29, 0.717) is 27.5 Å². The van der Waals surface area contributed by atoms with Gasteiger partial charge in [0.1, 0.15) is 27.5 Å². The number of benzene rings is 1. The number of carbonyl (C=O) groups excluding carboxylic acids is 1. The predicted octanol–water partition coefficient (Wildman–Crippen LogP) is 3.11. The van der Waals surface area contributed by atoms with E-state index in [-0.39, 0.29) is 5.91 Å². The number of nitrogens with zero attached hydrogens (tertiary/aromatic N) is 1. The van der Waals surface area contributed by atoms with Crippen LogP contribution in [0.15, 0.2) is 41.0 Å². The molecule has 0 aliphatic carbocycles. The van der Waals surface area contributed by atoms with Gasteiger partial charge in [-0.15, -0.1) is 0 Å². The Hall–Kier alpha value is -2.08. The fourth-order valence-corrected chi connectivity index (χ4v) is 2.08. The second kappa shape index (κ2) is 6.38. The van der Waals surface area contributed by atoms with Crippen molar-refractivity contribution in [1.82, 2.24) is 4.98 Å². The third-order valence-corrected chi connectivity index (χ3v) is 3.05. The lowest BCUT2D eigenvalue weighted by molar-refractivity contribution is 0.102. The van der Waals surface area contributed by atoms with Gasteiger partial charge in [0.05, 0.1) is 14.2 Å². The van der Waals surface area contributed by atoms with Gasteiger partial charge >= 0.3 is 0 Å². The summed E-state index contributed by atoms with van der Waals surface area (Å²) in [7, 11) is 3.01. The van der Waals surface area contributed by atoms with Crippen molar-refractivity contribution >= 4 is 27.7 Å². The van der Waals surface area contributed by atoms with Crippen LogP contribution in [0.1, 0.15) is 10.4 Å². The quantitative estimate of drug-likeness (QED) is 0.871. The van der Waals surface area contributed by atoms with Crippen LogP contribution in [-0.4, -0.2) is 25.1 Å². The fraction of sp³-hybridized carbons (Fsp3) is 0.143. The fourth-order valence-electron chi connectivity index (χ4n) is 1.73. The molecule has 0 aliphatic heterocycles. The van der Waals surface area contributed by atoms with E-state index in [0.717, 1.165) is 0 Å². The summed E-state index contributed by atoms with van der Waals surface area (Å²) >= 11 is 3.25. The number of halogens is 1. The van der Waals surface area contributed by atoms with Gasteiger partial charge in [-0.3, -0.25) is 4.79 Å². The van der Waals surface area contributed by atoms with E-state index >= 15 is 0 Å². The molecule has 1 amide bonds. The molecule has 0 saturated heterocycles. The molecular weight excluding hydrogens is 324 g/mol. The monoisotopic (exact) mass is 336 g/mol. The standard InChI is InChI=1S/C14H13BrN2O3/c1-19-9-5-3-6-10(20-2)13(9)14(18)17-12-8-4-7-11(15)16-12/h3-8H,1-2H3,(H,16,17,18). The molecule has 1 aromatic heterocycles. The van der Waals surface area contributed by atoms with Gasteiger partial charge in [0.2, 0.25) is 0 Å². The number of nitrogens with one attached hydrogen (secondary N) is 1. The van der Waals surface area contributed by atoms with Gasteiger partial charge in [-0.05, 0) is 40.2 Å². The van der Waals surface area contributed by atoms with Gasteiger partial charge in [0, 0.05) is 0 Å². The molecule has 2 aromatic rings. The van der Waals surface area contributed by atoms with E-state index in [1.165, 1.54) is 14.2 Å². The molecular formula is C14H13BrN2O3. The van der Waals surface area contributed by atoms with Crippen LogP contribution in [0.2, 0.25) is 0 Å². The van der Waals surface area contributed by atoms with Crippen molar-refractivity contribution in [3.63, 3.8) is 0 Å². The first kappa shape index (κ1) is 14.3. The van der Waals surface area contributed by atoms with E-state index in [1.54, 1.807) is 36.4 Å². The third kappa shape index (κ3) is 3.08. The van der Waals surface area contributed by atoms with Crippen molar-refractivity contribution in [2.45, 2.75) is 0 Å². The molecule has 0 bridgehead atoms. The molecule has 0 spiro atoms. The highest BCUT2D eigenvalue weighted by Gasteiger charge is 2.18. The number of hydrogen-bond donors (Lipinski definition) is 1. The molecule has 104 valence electrons. The van der Waals surface area contributed by atoms with Crippen LogP contribution < -0.4 is 14.8 Å². The summed E-state index contributed by atoms with van der Waals surface area (Å²) in [6, 6.07) is 10.4. The van der Waals surface area contributed by atoms with Crippen LogP contribution in [0.25, 0.3) is 0 Å². The van der Waals surface area contributed by atoms with Crippen molar-refractivity contribution in [3.8, 4) is 11.5 Å². The smallest absolute Gasteiger partial charge is 0.264 e. The Morgan fingerprint density at radius 3 is 2.25 bits per heavy atom. The number of hydrogen-bond acceptors (Lipinski definition) is 4. The zero-order valence-electron chi connectivity index (χ0n) is 11.0. The summed E-state index contributed by atoms with van der Waals surface area (Å²) in [6.45, 7) is 0. The van der Waals surface area contributed by atoms with Crippen molar-refractivity contribution < 1.29 is 14.3 Å². The largest absolute Gasteiger partial charge is 0.496 e. The summed E-state index contributed by atoms with van der Waals surface area (Å²) in [5.41, 5.74) is 0.333. The van der Waals surface area contributed by atoms with Crippen molar-refractivity contribution in [1.29, 1.82) is 0 Å². The minimum absolute atomic E-state index is 0.333. The molecule has 1 N–H and O–H groups in total. The number of pyridine rings is 1. The van der Waals surface area contributed by atoms with Gasteiger partial charge < -0.3 is 14.8 Å². The molecule has 0 unspecified atom stereocenters. The van der Waals surface area contributed by atoms with Crippen LogP contribution in [0, 0.1) is 0 Å². The zero-order valence-corrected chi connectivity index (χ0v) is 12.6. The van der Waals surface area contributed by atoms with Crippen molar-refractivity contribution in [2.24, 2.45) is 0 Å². The molecule has 20 heavy (non-hydrogen) atoms. The van der Waals surface area contributed by atoms with Gasteiger partial charge in [-0.2, -0.15) is 0 Å². The number of carbonyl (C=O) groups is 1. The summed E-state index contributed by atoms with van der Waals surface area (Å²) in [5, 5.41) is 2.71. The van der Waals surface area contributed by atoms with E-state index in [2.05, 4.69) is 26.2 Å². The SMILES string of the molecule is COc1cccc(OC)c1C(=O)Nc1cccc(Br)n1. The molecule has 0 radical (unpaired) electrons. The molecule has 0 aliphatic rings. The number of methoxy groups -OCH3 is 2. The van der Waals surface area contributed by atoms with Crippen molar-refractivity contribution in [3.05, 3.63) is 46.6 Å². The summed E-state index contributed by atoms with van der Waals surface area (Å²) in [5.74, 6) is 0.982. The second-order valence-corrected chi connectivity index (χ2v) is 4.65. The molecule has 1 heterocycles. The second-order valence-electron chi connectivity index (χ2n) is 3.84. The highest BCUT2D eigenvalue weighted by molar-refractivity contribution is 9.10. The number of ether oxygens (including phenoxy) is 2. The number of anilines is 1. The first-order chi connectivity index (χ1) is 9.65. The molecule has 0 fully saturated rings. The first-order valence-corrected chi connectivity index (χ1v) is 6.60. The minimum Gasteiger partial charge on any atom is -0.496 e. The highest BCUT2D eigenvalue weighted by Crippen LogP contribution is 2.28. The van der Waals surface area contributed by atoms with Gasteiger partial charge in [0.25, 0.3) is 5.91 Å². The normalized spacial score (nSPS) is 9.95. The van der Waals surface area contributed by atoms with Gasteiger partial charge in [0.15, 0.2) is 0 Å². The van der Waals surface area contributed by atoms with Crippen LogP contribution in [0.5, 0.6) is 11.5 Å². The van der Waals surface area contributed by atoms with Crippen LogP contribution in [-0.2, 0) is 0 Å². The third-order valence-electron chi connectivity index (χ3n) is 2.61. The molecule has 2 rings (SSSR count). The summed E-state index contributed by atoms with van der Waals surface area (Å²) < 4.78 is 11.0. The Morgan fingerprint density at radius 1 is 1.10 bits per heavy atom. The molecule has 5 nitrogen and oxygen atoms in total. The Bertz CT molecular complexity index is 609. The maximum atomic E-state index is 12.4. The maximum Gasteiger partial charge on any atom is 0.264 e. The van der Waals surface area contributed by atoms with Crippen LogP contribution >= 0.6 is 15.9 Å². The van der Waals surface area contributed by atoms with E-state index in [1.807, 2.05) is 0 Å². The zero-order chi connectivity index (χ0) is 14.5. The van der Waals surface area contributed by atoms with E-state index in [9.17, 15) is 4.79 Å². The van der Waals surface area contributed by atoms with Crippen LogP contribution in [0.3, 0.4) is 0 Å². The van der Waals surface area contributed by atoms with Gasteiger partial charge in [-0.1, -0.05) is 12.1 Å². The summed E-state index contributed by atoms with van der Waals surface area (Å²) in [6.07, 6.45) is 0. The van der Waals surface area contributed by atoms with E-state index in [4.69, 9.17) is 9.47 Å². The highest BCUT2D eigenvalue weighted by atomic mass is 79.9. The first-order valence-electron chi connectivity index (χ1n) is 5.80. The van der Waals surface area contributed by atoms with Crippen LogP contribution in [0.4, 0.5) is 5.82 Å². The molecule has 1 aromatic carbocycles. The summed E-state index contributed by atoms with van der Waals surface area (Å²) in [4.78, 5) is 16.5. The topological polar surface area (TPSA) is 60.5 Å². The lowest BCUT2D eigenvalue weighted by Crippen LogP contribution is -2.15. The minimum atomic E-state index is -0.343. The molecule has 0 atom stereocenters. The number of rotatable bonds is 4. The van der Waals surface area contributed by atoms with E-state index < -0.39 is 0 Å². The Morgan fingerprint density at radius 2 is 1.70 bits per heavy atom. The number of aromatic nitrogens is 1. The lowest BCUT2D eigenvalue weighted by atomic mass is 10.1. The lowest BCUT2D eigenvalue weighted by Gasteiger charge is -2.12. The Labute approximate surface area is 125 Å². The molecule has 6 heteroatoms. The maximum absolute atomic E-state index is 12.4. The average Bonchev–Trinajstić information content (AvgIpc) is 2.46. The van der Waals surface area contributed by atoms with Gasteiger partial charge in [-0.25, -0.2) is 4.98 Å². The molecule has 0 saturated carbocycles.